The van der Waals surface area contributed by atoms with Crippen LogP contribution in [0.3, 0.4) is 0 Å². The number of carbonyl (C=O) groups excluding carboxylic acids is 1. The molecule has 1 fully saturated rings. The number of nitrogens with one attached hydrogen (secondary N) is 2. The summed E-state index contributed by atoms with van der Waals surface area (Å²) >= 11 is 0. The second-order valence-electron chi connectivity index (χ2n) is 5.72. The fourth-order valence-corrected chi connectivity index (χ4v) is 1.81. The Bertz CT molecular complexity index is 306. The quantitative estimate of drug-likeness (QED) is 0.696. The molecule has 0 aromatic heterocycles. The van der Waals surface area contributed by atoms with Crippen LogP contribution in [0.2, 0.25) is 0 Å². The Morgan fingerprint density at radius 1 is 1.44 bits per heavy atom. The summed E-state index contributed by atoms with van der Waals surface area (Å²) in [7, 11) is 0. The van der Waals surface area contributed by atoms with Crippen LogP contribution in [0.15, 0.2) is 0 Å². The van der Waals surface area contributed by atoms with Gasteiger partial charge in [0.25, 0.3) is 0 Å². The molecular weight excluding hydrogens is 236 g/mol. The summed E-state index contributed by atoms with van der Waals surface area (Å²) in [5, 5.41) is 14.3. The standard InChI is InChI=1S/C12H22N2O4/c1-12(2,3)9(10(15)16)14-11(17)13-6-8-4-5-18-7-8/h8-9H,4-7H2,1-3H3,(H,15,16)(H2,13,14,17)/t8?,9-/m0/s1. The Hall–Kier alpha value is -1.30. The monoisotopic (exact) mass is 258 g/mol. The molecule has 1 heterocycles. The van der Waals surface area contributed by atoms with Gasteiger partial charge in [0.05, 0.1) is 6.61 Å². The zero-order chi connectivity index (χ0) is 13.8. The molecule has 0 saturated carbocycles. The zero-order valence-corrected chi connectivity index (χ0v) is 11.2. The third kappa shape index (κ3) is 4.52. The number of amides is 2. The van der Waals surface area contributed by atoms with E-state index in [1.54, 1.807) is 20.8 Å². The van der Waals surface area contributed by atoms with Crippen molar-refractivity contribution >= 4 is 12.0 Å². The van der Waals surface area contributed by atoms with E-state index in [0.717, 1.165) is 13.0 Å². The topological polar surface area (TPSA) is 87.7 Å². The van der Waals surface area contributed by atoms with Gasteiger partial charge in [-0.2, -0.15) is 0 Å². The van der Waals surface area contributed by atoms with Crippen LogP contribution in [-0.2, 0) is 9.53 Å². The Morgan fingerprint density at radius 2 is 2.11 bits per heavy atom. The molecule has 0 radical (unpaired) electrons. The van der Waals surface area contributed by atoms with Crippen LogP contribution in [-0.4, -0.2) is 42.9 Å². The minimum absolute atomic E-state index is 0.327. The number of carbonyl (C=O) groups is 2. The largest absolute Gasteiger partial charge is 0.480 e. The molecular formula is C12H22N2O4. The molecule has 1 aliphatic rings. The molecule has 1 rings (SSSR count). The van der Waals surface area contributed by atoms with Crippen LogP contribution in [0.4, 0.5) is 4.79 Å². The van der Waals surface area contributed by atoms with E-state index in [1.807, 2.05) is 0 Å². The van der Waals surface area contributed by atoms with Gasteiger partial charge < -0.3 is 20.5 Å². The maximum atomic E-state index is 11.6. The first-order valence-electron chi connectivity index (χ1n) is 6.15. The summed E-state index contributed by atoms with van der Waals surface area (Å²) in [4.78, 5) is 22.7. The van der Waals surface area contributed by atoms with Gasteiger partial charge in [-0.05, 0) is 11.8 Å². The maximum absolute atomic E-state index is 11.6. The van der Waals surface area contributed by atoms with Gasteiger partial charge in [-0.15, -0.1) is 0 Å². The van der Waals surface area contributed by atoms with E-state index in [4.69, 9.17) is 9.84 Å². The van der Waals surface area contributed by atoms with Crippen molar-refractivity contribution in [3.8, 4) is 0 Å². The van der Waals surface area contributed by atoms with Gasteiger partial charge in [-0.25, -0.2) is 9.59 Å². The maximum Gasteiger partial charge on any atom is 0.326 e. The molecule has 2 amide bonds. The SMILES string of the molecule is CC(C)(C)[C@@H](NC(=O)NCC1CCOC1)C(=O)O. The number of carboxylic acids is 1. The number of hydrogen-bond acceptors (Lipinski definition) is 3. The highest BCUT2D eigenvalue weighted by molar-refractivity contribution is 5.83. The van der Waals surface area contributed by atoms with Gasteiger partial charge in [-0.1, -0.05) is 20.8 Å². The lowest BCUT2D eigenvalue weighted by Gasteiger charge is -2.27. The number of carboxylic acid groups (broad SMARTS) is 1. The first-order valence-corrected chi connectivity index (χ1v) is 6.15. The van der Waals surface area contributed by atoms with Crippen molar-refractivity contribution in [2.75, 3.05) is 19.8 Å². The van der Waals surface area contributed by atoms with Gasteiger partial charge in [0, 0.05) is 19.1 Å². The molecule has 104 valence electrons. The van der Waals surface area contributed by atoms with Crippen molar-refractivity contribution in [1.29, 1.82) is 0 Å². The number of hydrogen-bond donors (Lipinski definition) is 3. The number of aliphatic carboxylic acids is 1. The molecule has 1 aliphatic heterocycles. The third-order valence-electron chi connectivity index (χ3n) is 2.96. The second-order valence-corrected chi connectivity index (χ2v) is 5.72. The minimum Gasteiger partial charge on any atom is -0.480 e. The van der Waals surface area contributed by atoms with E-state index in [0.29, 0.717) is 19.1 Å². The summed E-state index contributed by atoms with van der Waals surface area (Å²) in [5.41, 5.74) is -0.528. The van der Waals surface area contributed by atoms with Crippen LogP contribution in [0.1, 0.15) is 27.2 Å². The molecule has 2 atom stereocenters. The van der Waals surface area contributed by atoms with E-state index < -0.39 is 23.5 Å². The molecule has 0 spiro atoms. The number of rotatable bonds is 4. The summed E-state index contributed by atoms with van der Waals surface area (Å²) in [5.74, 6) is -0.699. The molecule has 1 unspecified atom stereocenters. The van der Waals surface area contributed by atoms with Crippen molar-refractivity contribution < 1.29 is 19.4 Å². The Kier molecular flexibility index (Phi) is 4.95. The highest BCUT2D eigenvalue weighted by Crippen LogP contribution is 2.19. The molecule has 6 nitrogen and oxygen atoms in total. The Morgan fingerprint density at radius 3 is 2.56 bits per heavy atom. The average Bonchev–Trinajstić information content (AvgIpc) is 2.73. The van der Waals surface area contributed by atoms with Gasteiger partial charge in [-0.3, -0.25) is 0 Å². The predicted octanol–water partition coefficient (Wildman–Crippen LogP) is 0.821. The van der Waals surface area contributed by atoms with Crippen LogP contribution in [0, 0.1) is 11.3 Å². The van der Waals surface area contributed by atoms with Crippen molar-refractivity contribution in [1.82, 2.24) is 10.6 Å². The van der Waals surface area contributed by atoms with Crippen molar-refractivity contribution in [2.45, 2.75) is 33.2 Å². The lowest BCUT2D eigenvalue weighted by molar-refractivity contribution is -0.141. The molecule has 6 heteroatoms. The zero-order valence-electron chi connectivity index (χ0n) is 11.2. The molecule has 0 aromatic rings. The van der Waals surface area contributed by atoms with Crippen molar-refractivity contribution in [3.63, 3.8) is 0 Å². The second kappa shape index (κ2) is 6.04. The lowest BCUT2D eigenvalue weighted by Crippen LogP contribution is -2.52. The summed E-state index contributed by atoms with van der Waals surface area (Å²) < 4.78 is 5.20. The normalized spacial score (nSPS) is 21.4. The van der Waals surface area contributed by atoms with Gasteiger partial charge in [0.15, 0.2) is 0 Å². The third-order valence-corrected chi connectivity index (χ3v) is 2.96. The highest BCUT2D eigenvalue weighted by Gasteiger charge is 2.32. The van der Waals surface area contributed by atoms with Gasteiger partial charge >= 0.3 is 12.0 Å². The van der Waals surface area contributed by atoms with E-state index >= 15 is 0 Å². The minimum atomic E-state index is -1.03. The highest BCUT2D eigenvalue weighted by atomic mass is 16.5. The summed E-state index contributed by atoms with van der Waals surface area (Å²) in [6, 6.07) is -1.35. The summed E-state index contributed by atoms with van der Waals surface area (Å²) in [6.45, 7) is 7.22. The molecule has 18 heavy (non-hydrogen) atoms. The average molecular weight is 258 g/mol. The first-order chi connectivity index (χ1) is 8.30. The van der Waals surface area contributed by atoms with Crippen LogP contribution in [0.5, 0.6) is 0 Å². The Balaban J connectivity index is 2.39. The molecule has 0 bridgehead atoms. The Labute approximate surface area is 107 Å². The van der Waals surface area contributed by atoms with E-state index in [9.17, 15) is 9.59 Å². The number of ether oxygens (including phenoxy) is 1. The fourth-order valence-electron chi connectivity index (χ4n) is 1.81. The van der Waals surface area contributed by atoms with Gasteiger partial charge in [0.2, 0.25) is 0 Å². The molecule has 3 N–H and O–H groups in total. The molecule has 0 aliphatic carbocycles. The van der Waals surface area contributed by atoms with Crippen LogP contribution < -0.4 is 10.6 Å². The van der Waals surface area contributed by atoms with E-state index in [-0.39, 0.29) is 0 Å². The van der Waals surface area contributed by atoms with Crippen LogP contribution >= 0.6 is 0 Å². The lowest BCUT2D eigenvalue weighted by atomic mass is 9.87. The predicted molar refractivity (Wildman–Crippen MR) is 66.3 cm³/mol. The van der Waals surface area contributed by atoms with Crippen molar-refractivity contribution in [2.24, 2.45) is 11.3 Å². The van der Waals surface area contributed by atoms with E-state index in [1.165, 1.54) is 0 Å². The van der Waals surface area contributed by atoms with Crippen LogP contribution in [0.25, 0.3) is 0 Å². The van der Waals surface area contributed by atoms with Crippen molar-refractivity contribution in [3.05, 3.63) is 0 Å². The number of urea groups is 1. The van der Waals surface area contributed by atoms with Gasteiger partial charge in [0.1, 0.15) is 6.04 Å². The smallest absolute Gasteiger partial charge is 0.326 e. The fraction of sp³-hybridized carbons (Fsp3) is 0.833. The molecule has 1 saturated heterocycles. The van der Waals surface area contributed by atoms with E-state index in [2.05, 4.69) is 10.6 Å². The summed E-state index contributed by atoms with van der Waals surface area (Å²) in [6.07, 6.45) is 0.932. The first kappa shape index (κ1) is 14.8. The molecule has 0 aromatic carbocycles.